The number of carbonyl (C=O) groups is 1. The molecule has 2 heterocycles. The molecule has 0 spiro atoms. The van der Waals surface area contributed by atoms with E-state index in [1.54, 1.807) is 11.1 Å². The fourth-order valence-corrected chi connectivity index (χ4v) is 2.79. The number of nitrogens with one attached hydrogen (secondary N) is 1. The first-order chi connectivity index (χ1) is 10.6. The van der Waals surface area contributed by atoms with Crippen LogP contribution in [-0.2, 0) is 6.54 Å². The zero-order valence-corrected chi connectivity index (χ0v) is 13.7. The molecular weight excluding hydrogens is 278 g/mol. The Morgan fingerprint density at radius 2 is 2.45 bits per heavy atom. The minimum atomic E-state index is -0.0000564. The Bertz CT molecular complexity index is 498. The number of amides is 2. The van der Waals surface area contributed by atoms with Crippen molar-refractivity contribution >= 4 is 6.03 Å². The molecule has 122 valence electrons. The summed E-state index contributed by atoms with van der Waals surface area (Å²) in [6.07, 6.45) is 6.80. The van der Waals surface area contributed by atoms with E-state index in [0.29, 0.717) is 12.5 Å². The number of nitrogens with zero attached hydrogens (tertiary/aromatic N) is 4. The van der Waals surface area contributed by atoms with Gasteiger partial charge in [-0.2, -0.15) is 0 Å². The lowest BCUT2D eigenvalue weighted by Crippen LogP contribution is -2.41. The molecule has 22 heavy (non-hydrogen) atoms. The van der Waals surface area contributed by atoms with Gasteiger partial charge in [0.15, 0.2) is 0 Å². The van der Waals surface area contributed by atoms with Crippen LogP contribution in [0.15, 0.2) is 25.0 Å². The van der Waals surface area contributed by atoms with Crippen molar-refractivity contribution in [2.24, 2.45) is 5.92 Å². The first kappa shape index (κ1) is 16.5. The number of carbonyl (C=O) groups excluding carboxylic acids is 1. The van der Waals surface area contributed by atoms with Crippen LogP contribution in [0, 0.1) is 12.8 Å². The van der Waals surface area contributed by atoms with Crippen LogP contribution in [0.2, 0.25) is 0 Å². The van der Waals surface area contributed by atoms with Gasteiger partial charge in [-0.1, -0.05) is 6.08 Å². The van der Waals surface area contributed by atoms with E-state index in [0.717, 1.165) is 45.0 Å². The van der Waals surface area contributed by atoms with Crippen molar-refractivity contribution in [1.29, 1.82) is 0 Å². The van der Waals surface area contributed by atoms with Crippen LogP contribution in [0.1, 0.15) is 12.2 Å². The van der Waals surface area contributed by atoms with E-state index in [1.807, 2.05) is 30.8 Å². The first-order valence-corrected chi connectivity index (χ1v) is 7.90. The molecule has 6 heteroatoms. The van der Waals surface area contributed by atoms with Crippen molar-refractivity contribution in [2.75, 3.05) is 39.8 Å². The highest BCUT2D eigenvalue weighted by molar-refractivity contribution is 5.73. The number of likely N-dealkylation sites (N-methyl/N-ethyl adjacent to an activating group) is 1. The molecule has 2 rings (SSSR count). The SMILES string of the molecule is C=CCN1CCC(CNC(=O)N(C)CCn2ccnc2C)C1. The molecular formula is C16H27N5O. The van der Waals surface area contributed by atoms with Crippen LogP contribution < -0.4 is 5.32 Å². The quantitative estimate of drug-likeness (QED) is 0.774. The molecule has 0 bridgehead atoms. The number of aryl methyl sites for hydroxylation is 1. The third-order valence-electron chi connectivity index (χ3n) is 4.25. The molecule has 6 nitrogen and oxygen atoms in total. The molecule has 1 aliphatic rings. The average molecular weight is 305 g/mol. The Morgan fingerprint density at radius 3 is 3.14 bits per heavy atom. The van der Waals surface area contributed by atoms with Crippen molar-refractivity contribution in [2.45, 2.75) is 19.9 Å². The van der Waals surface area contributed by atoms with Gasteiger partial charge in [0.05, 0.1) is 0 Å². The number of rotatable bonds is 7. The van der Waals surface area contributed by atoms with E-state index >= 15 is 0 Å². The van der Waals surface area contributed by atoms with Crippen LogP contribution in [0.3, 0.4) is 0 Å². The van der Waals surface area contributed by atoms with Gasteiger partial charge in [0.1, 0.15) is 5.82 Å². The lowest BCUT2D eigenvalue weighted by atomic mass is 10.1. The van der Waals surface area contributed by atoms with E-state index in [2.05, 4.69) is 21.8 Å². The maximum atomic E-state index is 12.1. The summed E-state index contributed by atoms with van der Waals surface area (Å²) in [7, 11) is 1.83. The zero-order valence-electron chi connectivity index (χ0n) is 13.7. The molecule has 1 aliphatic heterocycles. The highest BCUT2D eigenvalue weighted by Crippen LogP contribution is 2.14. The molecule has 0 aromatic carbocycles. The molecule has 0 radical (unpaired) electrons. The Hall–Kier alpha value is -1.82. The normalized spacial score (nSPS) is 18.4. The number of imidazole rings is 1. The van der Waals surface area contributed by atoms with Crippen molar-refractivity contribution in [1.82, 2.24) is 24.7 Å². The zero-order chi connectivity index (χ0) is 15.9. The highest BCUT2D eigenvalue weighted by atomic mass is 16.2. The molecule has 1 aromatic heterocycles. The fraction of sp³-hybridized carbons (Fsp3) is 0.625. The summed E-state index contributed by atoms with van der Waals surface area (Å²) >= 11 is 0. The maximum absolute atomic E-state index is 12.1. The number of urea groups is 1. The smallest absolute Gasteiger partial charge is 0.317 e. The number of hydrogen-bond acceptors (Lipinski definition) is 3. The first-order valence-electron chi connectivity index (χ1n) is 7.90. The second-order valence-corrected chi connectivity index (χ2v) is 5.98. The Labute approximate surface area is 132 Å². The summed E-state index contributed by atoms with van der Waals surface area (Å²) in [5, 5.41) is 3.04. The minimum Gasteiger partial charge on any atom is -0.338 e. The monoisotopic (exact) mass is 305 g/mol. The molecule has 1 unspecified atom stereocenters. The highest BCUT2D eigenvalue weighted by Gasteiger charge is 2.22. The summed E-state index contributed by atoms with van der Waals surface area (Å²) in [6, 6.07) is -0.0000564. The van der Waals surface area contributed by atoms with Crippen LogP contribution in [-0.4, -0.2) is 65.2 Å². The average Bonchev–Trinajstić information content (AvgIpc) is 3.12. The molecule has 0 saturated carbocycles. The Balaban J connectivity index is 1.66. The van der Waals surface area contributed by atoms with Crippen LogP contribution in [0.25, 0.3) is 0 Å². The largest absolute Gasteiger partial charge is 0.338 e. The van der Waals surface area contributed by atoms with Gasteiger partial charge in [0.2, 0.25) is 0 Å². The predicted octanol–water partition coefficient (Wildman–Crippen LogP) is 1.34. The lowest BCUT2D eigenvalue weighted by Gasteiger charge is -2.20. The summed E-state index contributed by atoms with van der Waals surface area (Å²) in [6.45, 7) is 11.0. The van der Waals surface area contributed by atoms with Crippen molar-refractivity contribution in [3.05, 3.63) is 30.9 Å². The van der Waals surface area contributed by atoms with E-state index in [4.69, 9.17) is 0 Å². The molecule has 1 fully saturated rings. The maximum Gasteiger partial charge on any atom is 0.317 e. The molecule has 1 saturated heterocycles. The third-order valence-corrected chi connectivity index (χ3v) is 4.25. The fourth-order valence-electron chi connectivity index (χ4n) is 2.79. The summed E-state index contributed by atoms with van der Waals surface area (Å²) in [5.74, 6) is 1.52. The summed E-state index contributed by atoms with van der Waals surface area (Å²) < 4.78 is 2.05. The summed E-state index contributed by atoms with van der Waals surface area (Å²) in [5.41, 5.74) is 0. The van der Waals surface area contributed by atoms with Crippen LogP contribution >= 0.6 is 0 Å². The number of likely N-dealkylation sites (tertiary alicyclic amines) is 1. The van der Waals surface area contributed by atoms with Gasteiger partial charge in [0.25, 0.3) is 0 Å². The van der Waals surface area contributed by atoms with Gasteiger partial charge in [-0.25, -0.2) is 9.78 Å². The Kier molecular flexibility index (Phi) is 6.00. The van der Waals surface area contributed by atoms with Crippen LogP contribution in [0.5, 0.6) is 0 Å². The van der Waals surface area contributed by atoms with Crippen LogP contribution in [0.4, 0.5) is 4.79 Å². The van der Waals surface area contributed by atoms with Crippen molar-refractivity contribution < 1.29 is 4.79 Å². The molecule has 1 N–H and O–H groups in total. The lowest BCUT2D eigenvalue weighted by molar-refractivity contribution is 0.205. The summed E-state index contributed by atoms with van der Waals surface area (Å²) in [4.78, 5) is 20.4. The molecule has 2 amide bonds. The van der Waals surface area contributed by atoms with Gasteiger partial charge < -0.3 is 14.8 Å². The molecule has 0 aliphatic carbocycles. The van der Waals surface area contributed by atoms with E-state index in [9.17, 15) is 4.79 Å². The number of hydrogen-bond donors (Lipinski definition) is 1. The van der Waals surface area contributed by atoms with E-state index < -0.39 is 0 Å². The second kappa shape index (κ2) is 7.98. The minimum absolute atomic E-state index is 0.0000564. The number of aromatic nitrogens is 2. The standard InChI is InChI=1S/C16H27N5O/c1-4-7-20-8-5-15(13-20)12-18-16(22)19(3)10-11-21-9-6-17-14(21)2/h4,6,9,15H,1,5,7-8,10-13H2,2-3H3,(H,18,22). The topological polar surface area (TPSA) is 53.4 Å². The van der Waals surface area contributed by atoms with Crippen molar-refractivity contribution in [3.63, 3.8) is 0 Å². The van der Waals surface area contributed by atoms with E-state index in [-0.39, 0.29) is 6.03 Å². The Morgan fingerprint density at radius 1 is 1.64 bits per heavy atom. The van der Waals surface area contributed by atoms with E-state index in [1.165, 1.54) is 0 Å². The van der Waals surface area contributed by atoms with Gasteiger partial charge >= 0.3 is 6.03 Å². The molecule has 1 atom stereocenters. The van der Waals surface area contributed by atoms with Gasteiger partial charge in [-0.05, 0) is 25.8 Å². The van der Waals surface area contributed by atoms with Gasteiger partial charge in [-0.3, -0.25) is 4.90 Å². The van der Waals surface area contributed by atoms with Crippen molar-refractivity contribution in [3.8, 4) is 0 Å². The third kappa shape index (κ3) is 4.59. The second-order valence-electron chi connectivity index (χ2n) is 5.98. The van der Waals surface area contributed by atoms with Gasteiger partial charge in [-0.15, -0.1) is 6.58 Å². The predicted molar refractivity (Wildman–Crippen MR) is 87.7 cm³/mol. The molecule has 1 aromatic rings. The van der Waals surface area contributed by atoms with Gasteiger partial charge in [0, 0.05) is 52.2 Å².